The van der Waals surface area contributed by atoms with Gasteiger partial charge in [0.25, 0.3) is 0 Å². The summed E-state index contributed by atoms with van der Waals surface area (Å²) < 4.78 is 6.52. The molecular weight excluding hydrogens is 358 g/mol. The zero-order chi connectivity index (χ0) is 16.2. The number of ether oxygens (including phenoxy) is 1. The normalized spacial score (nSPS) is 19.6. The average molecular weight is 382 g/mol. The zero-order valence-corrected chi connectivity index (χ0v) is 15.1. The summed E-state index contributed by atoms with van der Waals surface area (Å²) in [5.74, 6) is 1.11. The molecule has 2 fully saturated rings. The van der Waals surface area contributed by atoms with Crippen LogP contribution in [0.2, 0.25) is 0 Å². The molecule has 0 aromatic heterocycles. The first-order chi connectivity index (χ1) is 11.1. The summed E-state index contributed by atoms with van der Waals surface area (Å²) in [4.78, 5) is 16.5. The fourth-order valence-corrected chi connectivity index (χ4v) is 3.33. The predicted molar refractivity (Wildman–Crippen MR) is 93.6 cm³/mol. The molecule has 1 saturated carbocycles. The second-order valence-electron chi connectivity index (χ2n) is 6.35. The summed E-state index contributed by atoms with van der Waals surface area (Å²) in [5.41, 5.74) is 1.20. The van der Waals surface area contributed by atoms with Crippen LogP contribution in [0.1, 0.15) is 18.4 Å². The van der Waals surface area contributed by atoms with E-state index in [1.807, 2.05) is 12.1 Å². The number of piperazine rings is 1. The standard InChI is InChI=1S/C17H24BrN3O2/c1-23-16-5-2-14(18)10-13(16)11-20-6-8-21(9-7-20)12-17(22)19-15-3-4-15/h2,5,10,15H,3-4,6-9,11-12H2,1H3,(H,19,22). The Morgan fingerprint density at radius 2 is 1.96 bits per heavy atom. The summed E-state index contributed by atoms with van der Waals surface area (Å²) in [6.45, 7) is 5.25. The van der Waals surface area contributed by atoms with E-state index in [1.54, 1.807) is 7.11 Å². The molecule has 1 aliphatic carbocycles. The minimum atomic E-state index is 0.176. The molecule has 23 heavy (non-hydrogen) atoms. The van der Waals surface area contributed by atoms with Gasteiger partial charge in [0.05, 0.1) is 13.7 Å². The molecule has 0 atom stereocenters. The van der Waals surface area contributed by atoms with Crippen molar-refractivity contribution >= 4 is 21.8 Å². The van der Waals surface area contributed by atoms with Gasteiger partial charge in [-0.05, 0) is 31.0 Å². The van der Waals surface area contributed by atoms with E-state index in [9.17, 15) is 4.79 Å². The van der Waals surface area contributed by atoms with Gasteiger partial charge in [-0.25, -0.2) is 0 Å². The lowest BCUT2D eigenvalue weighted by molar-refractivity contribution is -0.122. The van der Waals surface area contributed by atoms with Crippen molar-refractivity contribution in [3.05, 3.63) is 28.2 Å². The number of halogens is 1. The fourth-order valence-electron chi connectivity index (χ4n) is 2.92. The van der Waals surface area contributed by atoms with Gasteiger partial charge in [-0.3, -0.25) is 14.6 Å². The minimum absolute atomic E-state index is 0.176. The molecule has 2 aliphatic rings. The van der Waals surface area contributed by atoms with E-state index in [-0.39, 0.29) is 5.91 Å². The van der Waals surface area contributed by atoms with Crippen LogP contribution in [0.15, 0.2) is 22.7 Å². The van der Waals surface area contributed by atoms with Crippen LogP contribution in [0.3, 0.4) is 0 Å². The van der Waals surface area contributed by atoms with Crippen molar-refractivity contribution in [2.75, 3.05) is 39.8 Å². The Morgan fingerprint density at radius 3 is 2.61 bits per heavy atom. The molecule has 0 unspecified atom stereocenters. The van der Waals surface area contributed by atoms with Gasteiger partial charge < -0.3 is 10.1 Å². The molecule has 5 nitrogen and oxygen atoms in total. The molecule has 0 radical (unpaired) electrons. The van der Waals surface area contributed by atoms with Crippen molar-refractivity contribution in [1.29, 1.82) is 0 Å². The predicted octanol–water partition coefficient (Wildman–Crippen LogP) is 1.85. The summed E-state index contributed by atoms with van der Waals surface area (Å²) in [5, 5.41) is 3.06. The number of benzene rings is 1. The lowest BCUT2D eigenvalue weighted by atomic mass is 10.1. The lowest BCUT2D eigenvalue weighted by Gasteiger charge is -2.34. The Kier molecular flexibility index (Phi) is 5.56. The first-order valence-electron chi connectivity index (χ1n) is 8.20. The van der Waals surface area contributed by atoms with Gasteiger partial charge in [0.15, 0.2) is 0 Å². The molecule has 126 valence electrons. The quantitative estimate of drug-likeness (QED) is 0.816. The first kappa shape index (κ1) is 16.7. The van der Waals surface area contributed by atoms with Crippen LogP contribution in [-0.2, 0) is 11.3 Å². The van der Waals surface area contributed by atoms with Gasteiger partial charge in [-0.15, -0.1) is 0 Å². The maximum atomic E-state index is 11.9. The van der Waals surface area contributed by atoms with E-state index < -0.39 is 0 Å². The van der Waals surface area contributed by atoms with Crippen molar-refractivity contribution in [3.8, 4) is 5.75 Å². The molecule has 0 bridgehead atoms. The van der Waals surface area contributed by atoms with Gasteiger partial charge in [-0.1, -0.05) is 15.9 Å². The maximum Gasteiger partial charge on any atom is 0.234 e. The largest absolute Gasteiger partial charge is 0.496 e. The maximum absolute atomic E-state index is 11.9. The third-order valence-electron chi connectivity index (χ3n) is 4.41. The number of carbonyl (C=O) groups is 1. The Morgan fingerprint density at radius 1 is 1.26 bits per heavy atom. The van der Waals surface area contributed by atoms with E-state index in [0.29, 0.717) is 12.6 Å². The molecule has 1 N–H and O–H groups in total. The number of rotatable bonds is 6. The summed E-state index contributed by atoms with van der Waals surface area (Å²) in [6, 6.07) is 6.57. The number of hydrogen-bond donors (Lipinski definition) is 1. The number of nitrogens with one attached hydrogen (secondary N) is 1. The summed E-state index contributed by atoms with van der Waals surface area (Å²) >= 11 is 3.52. The summed E-state index contributed by atoms with van der Waals surface area (Å²) in [7, 11) is 1.71. The first-order valence-corrected chi connectivity index (χ1v) is 9.00. The van der Waals surface area contributed by atoms with Crippen LogP contribution >= 0.6 is 15.9 Å². The van der Waals surface area contributed by atoms with Crippen molar-refractivity contribution in [2.45, 2.75) is 25.4 Å². The van der Waals surface area contributed by atoms with E-state index >= 15 is 0 Å². The van der Waals surface area contributed by atoms with Crippen molar-refractivity contribution < 1.29 is 9.53 Å². The molecule has 1 aliphatic heterocycles. The third-order valence-corrected chi connectivity index (χ3v) is 4.90. The van der Waals surface area contributed by atoms with Gasteiger partial charge >= 0.3 is 0 Å². The molecule has 1 aromatic carbocycles. The molecule has 1 aromatic rings. The van der Waals surface area contributed by atoms with Gasteiger partial charge in [0.1, 0.15) is 5.75 Å². The number of carbonyl (C=O) groups excluding carboxylic acids is 1. The van der Waals surface area contributed by atoms with Crippen molar-refractivity contribution in [3.63, 3.8) is 0 Å². The highest BCUT2D eigenvalue weighted by Gasteiger charge is 2.25. The van der Waals surface area contributed by atoms with Crippen molar-refractivity contribution in [2.24, 2.45) is 0 Å². The third kappa shape index (κ3) is 4.93. The second-order valence-corrected chi connectivity index (χ2v) is 7.27. The molecule has 1 saturated heterocycles. The van der Waals surface area contributed by atoms with Crippen LogP contribution in [0, 0.1) is 0 Å². The lowest BCUT2D eigenvalue weighted by Crippen LogP contribution is -2.49. The number of hydrogen-bond acceptors (Lipinski definition) is 4. The zero-order valence-electron chi connectivity index (χ0n) is 13.6. The monoisotopic (exact) mass is 381 g/mol. The average Bonchev–Trinajstić information content (AvgIpc) is 3.33. The summed E-state index contributed by atoms with van der Waals surface area (Å²) in [6.07, 6.45) is 2.29. The van der Waals surface area contributed by atoms with Gasteiger partial charge in [0.2, 0.25) is 5.91 Å². The highest BCUT2D eigenvalue weighted by atomic mass is 79.9. The Hall–Kier alpha value is -1.11. The van der Waals surface area contributed by atoms with Crippen molar-refractivity contribution in [1.82, 2.24) is 15.1 Å². The highest BCUT2D eigenvalue weighted by molar-refractivity contribution is 9.10. The van der Waals surface area contributed by atoms with Crippen LogP contribution < -0.4 is 10.1 Å². The molecular formula is C17H24BrN3O2. The van der Waals surface area contributed by atoms with Gasteiger partial charge in [-0.2, -0.15) is 0 Å². The molecule has 0 spiro atoms. The number of nitrogens with zero attached hydrogens (tertiary/aromatic N) is 2. The van der Waals surface area contributed by atoms with E-state index in [4.69, 9.17) is 4.74 Å². The SMILES string of the molecule is COc1ccc(Br)cc1CN1CCN(CC(=O)NC2CC2)CC1. The Bertz CT molecular complexity index is 555. The highest BCUT2D eigenvalue weighted by Crippen LogP contribution is 2.24. The van der Waals surface area contributed by atoms with E-state index in [1.165, 1.54) is 5.56 Å². The molecule has 6 heteroatoms. The fraction of sp³-hybridized carbons (Fsp3) is 0.588. The Labute approximate surface area is 146 Å². The molecule has 1 heterocycles. The molecule has 1 amide bonds. The van der Waals surface area contributed by atoms with Crippen LogP contribution in [0.5, 0.6) is 5.75 Å². The van der Waals surface area contributed by atoms with E-state index in [2.05, 4.69) is 37.1 Å². The molecule has 3 rings (SSSR count). The smallest absolute Gasteiger partial charge is 0.234 e. The van der Waals surface area contributed by atoms with Gasteiger partial charge in [0, 0.05) is 48.8 Å². The second kappa shape index (κ2) is 7.64. The van der Waals surface area contributed by atoms with Crippen LogP contribution in [0.25, 0.3) is 0 Å². The number of amides is 1. The number of methoxy groups -OCH3 is 1. The Balaban J connectivity index is 1.47. The van der Waals surface area contributed by atoms with E-state index in [0.717, 1.165) is 55.8 Å². The van der Waals surface area contributed by atoms with Crippen LogP contribution in [-0.4, -0.2) is 61.6 Å². The minimum Gasteiger partial charge on any atom is -0.496 e. The topological polar surface area (TPSA) is 44.8 Å². The van der Waals surface area contributed by atoms with Crippen LogP contribution in [0.4, 0.5) is 0 Å².